The highest BCUT2D eigenvalue weighted by Crippen LogP contribution is 2.38. The van der Waals surface area contributed by atoms with Crippen LogP contribution in [0.5, 0.6) is 5.75 Å². The Morgan fingerprint density at radius 2 is 1.78 bits per heavy atom. The minimum Gasteiger partial charge on any atom is -0.495 e. The van der Waals surface area contributed by atoms with E-state index in [4.69, 9.17) is 9.72 Å². The number of benzene rings is 3. The van der Waals surface area contributed by atoms with Crippen LogP contribution in [0, 0.1) is 0 Å². The van der Waals surface area contributed by atoms with Crippen molar-refractivity contribution in [3.63, 3.8) is 0 Å². The largest absolute Gasteiger partial charge is 0.495 e. The lowest BCUT2D eigenvalue weighted by Gasteiger charge is -2.23. The van der Waals surface area contributed by atoms with Gasteiger partial charge < -0.3 is 15.4 Å². The summed E-state index contributed by atoms with van der Waals surface area (Å²) in [5, 5.41) is 7.07. The van der Waals surface area contributed by atoms with E-state index in [2.05, 4.69) is 10.6 Å². The number of nitrogens with one attached hydrogen (secondary N) is 2. The fourth-order valence-corrected chi connectivity index (χ4v) is 4.57. The number of methoxy groups -OCH3 is 1. The van der Waals surface area contributed by atoms with Crippen molar-refractivity contribution in [3.8, 4) is 5.75 Å². The predicted octanol–water partition coefficient (Wildman–Crippen LogP) is 7.14. The highest BCUT2D eigenvalue weighted by atomic mass is 19.4. The molecule has 0 saturated carbocycles. The van der Waals surface area contributed by atoms with Crippen molar-refractivity contribution in [1.29, 1.82) is 0 Å². The number of aromatic nitrogens is 1. The van der Waals surface area contributed by atoms with Gasteiger partial charge in [-0.2, -0.15) is 13.2 Å². The zero-order chi connectivity index (χ0) is 25.3. The topological polar surface area (TPSA) is 63.2 Å². The van der Waals surface area contributed by atoms with Crippen LogP contribution in [0.25, 0.3) is 10.9 Å². The van der Waals surface area contributed by atoms with E-state index < -0.39 is 17.6 Å². The molecule has 8 heteroatoms. The Morgan fingerprint density at radius 1 is 0.972 bits per heavy atom. The summed E-state index contributed by atoms with van der Waals surface area (Å²) in [6.45, 7) is 0. The fourth-order valence-electron chi connectivity index (χ4n) is 4.57. The highest BCUT2D eigenvalue weighted by Gasteiger charge is 2.31. The van der Waals surface area contributed by atoms with Crippen molar-refractivity contribution in [2.24, 2.45) is 0 Å². The molecule has 36 heavy (non-hydrogen) atoms. The standard InChI is InChI=1S/C28H24F3N3O2/c1-36-25-12-5-4-11-24(25)34-26-20-9-2-3-10-22(20)33-23-14-13-19(16-21(23)26)32-27(35)17-7-6-8-18(15-17)28(29,30)31/h4-8,11-16H,2-3,9-10H2,1H3,(H,32,35)(H,33,34). The average molecular weight is 492 g/mol. The number of alkyl halides is 3. The Balaban J connectivity index is 1.54. The van der Waals surface area contributed by atoms with Gasteiger partial charge in [-0.3, -0.25) is 9.78 Å². The number of carbonyl (C=O) groups excluding carboxylic acids is 1. The van der Waals surface area contributed by atoms with Gasteiger partial charge in [0.15, 0.2) is 0 Å². The summed E-state index contributed by atoms with van der Waals surface area (Å²) in [6.07, 6.45) is -0.642. The van der Waals surface area contributed by atoms with Gasteiger partial charge >= 0.3 is 6.18 Å². The molecule has 0 bridgehead atoms. The zero-order valence-corrected chi connectivity index (χ0v) is 19.6. The van der Waals surface area contributed by atoms with Gasteiger partial charge in [0.05, 0.1) is 29.6 Å². The zero-order valence-electron chi connectivity index (χ0n) is 19.6. The number of pyridine rings is 1. The van der Waals surface area contributed by atoms with E-state index in [9.17, 15) is 18.0 Å². The van der Waals surface area contributed by atoms with Crippen LogP contribution >= 0.6 is 0 Å². The number of para-hydroxylation sites is 2. The third kappa shape index (κ3) is 4.71. The van der Waals surface area contributed by atoms with E-state index in [0.29, 0.717) is 11.4 Å². The number of aryl methyl sites for hydroxylation is 1. The Hall–Kier alpha value is -4.07. The highest BCUT2D eigenvalue weighted by molar-refractivity contribution is 6.06. The van der Waals surface area contributed by atoms with Crippen molar-refractivity contribution in [2.75, 3.05) is 17.7 Å². The average Bonchev–Trinajstić information content (AvgIpc) is 2.88. The van der Waals surface area contributed by atoms with Gasteiger partial charge in [0.2, 0.25) is 0 Å². The number of rotatable bonds is 5. The van der Waals surface area contributed by atoms with Gasteiger partial charge in [0.1, 0.15) is 5.75 Å². The van der Waals surface area contributed by atoms with Gasteiger partial charge in [0.25, 0.3) is 5.91 Å². The molecule has 184 valence electrons. The summed E-state index contributed by atoms with van der Waals surface area (Å²) in [6, 6.07) is 17.3. The van der Waals surface area contributed by atoms with Gasteiger partial charge in [-0.1, -0.05) is 18.2 Å². The molecule has 1 aliphatic carbocycles. The Labute approximate surface area is 206 Å². The molecule has 4 aromatic rings. The molecular weight excluding hydrogens is 467 g/mol. The van der Waals surface area contributed by atoms with E-state index in [1.54, 1.807) is 19.2 Å². The second-order valence-corrected chi connectivity index (χ2v) is 8.71. The fraction of sp³-hybridized carbons (Fsp3) is 0.214. The molecule has 1 aromatic heterocycles. The Kier molecular flexibility index (Phi) is 6.26. The third-order valence-electron chi connectivity index (χ3n) is 6.34. The first-order valence-corrected chi connectivity index (χ1v) is 11.7. The third-order valence-corrected chi connectivity index (χ3v) is 6.34. The molecule has 0 saturated heterocycles. The molecule has 1 aliphatic rings. The number of nitrogens with zero attached hydrogens (tertiary/aromatic N) is 1. The van der Waals surface area contributed by atoms with Crippen LogP contribution in [0.2, 0.25) is 0 Å². The maximum atomic E-state index is 13.1. The summed E-state index contributed by atoms with van der Waals surface area (Å²) in [5.41, 5.74) is 4.17. The molecule has 0 spiro atoms. The van der Waals surface area contributed by atoms with Crippen LogP contribution in [0.4, 0.5) is 30.2 Å². The van der Waals surface area contributed by atoms with E-state index in [0.717, 1.165) is 71.4 Å². The number of ether oxygens (including phenoxy) is 1. The molecule has 0 aliphatic heterocycles. The second-order valence-electron chi connectivity index (χ2n) is 8.71. The number of halogens is 3. The lowest BCUT2D eigenvalue weighted by atomic mass is 9.92. The summed E-state index contributed by atoms with van der Waals surface area (Å²) >= 11 is 0. The van der Waals surface area contributed by atoms with E-state index in [-0.39, 0.29) is 5.56 Å². The van der Waals surface area contributed by atoms with E-state index >= 15 is 0 Å². The van der Waals surface area contributed by atoms with Crippen LogP contribution in [-0.4, -0.2) is 18.0 Å². The number of amides is 1. The van der Waals surface area contributed by atoms with Gasteiger partial charge in [0, 0.05) is 22.3 Å². The molecule has 0 atom stereocenters. The molecule has 3 aromatic carbocycles. The monoisotopic (exact) mass is 491 g/mol. The minimum atomic E-state index is -4.52. The molecular formula is C28H24F3N3O2. The van der Waals surface area contributed by atoms with Crippen LogP contribution in [0.1, 0.15) is 40.0 Å². The summed E-state index contributed by atoms with van der Waals surface area (Å²) in [5.74, 6) is 0.0756. The molecule has 5 nitrogen and oxygen atoms in total. The van der Waals surface area contributed by atoms with Crippen molar-refractivity contribution in [3.05, 3.63) is 89.1 Å². The maximum absolute atomic E-state index is 13.1. The molecule has 0 unspecified atom stereocenters. The maximum Gasteiger partial charge on any atom is 0.416 e. The SMILES string of the molecule is COc1ccccc1Nc1c2c(nc3ccc(NC(=O)c4cccc(C(F)(F)F)c4)cc13)CCCC2. The van der Waals surface area contributed by atoms with Crippen molar-refractivity contribution in [1.82, 2.24) is 4.98 Å². The lowest BCUT2D eigenvalue weighted by Crippen LogP contribution is -2.14. The van der Waals surface area contributed by atoms with Crippen molar-refractivity contribution in [2.45, 2.75) is 31.9 Å². The molecule has 5 rings (SSSR count). The Bertz CT molecular complexity index is 1450. The lowest BCUT2D eigenvalue weighted by molar-refractivity contribution is -0.137. The van der Waals surface area contributed by atoms with Crippen LogP contribution in [-0.2, 0) is 19.0 Å². The van der Waals surface area contributed by atoms with Gasteiger partial charge in [-0.15, -0.1) is 0 Å². The first-order valence-electron chi connectivity index (χ1n) is 11.7. The number of anilines is 3. The molecule has 1 amide bonds. The van der Waals surface area contributed by atoms with Crippen molar-refractivity contribution < 1.29 is 22.7 Å². The van der Waals surface area contributed by atoms with E-state index in [1.807, 2.05) is 30.3 Å². The van der Waals surface area contributed by atoms with Gasteiger partial charge in [-0.05, 0) is 79.8 Å². The first kappa shape index (κ1) is 23.7. The number of hydrogen-bond donors (Lipinski definition) is 2. The van der Waals surface area contributed by atoms with E-state index in [1.165, 1.54) is 12.1 Å². The molecule has 2 N–H and O–H groups in total. The summed E-state index contributed by atoms with van der Waals surface area (Å²) in [7, 11) is 1.61. The molecule has 0 radical (unpaired) electrons. The normalized spacial score (nSPS) is 13.2. The quantitative estimate of drug-likeness (QED) is 0.312. The molecule has 0 fully saturated rings. The number of hydrogen-bond acceptors (Lipinski definition) is 4. The summed E-state index contributed by atoms with van der Waals surface area (Å²) < 4.78 is 44.8. The smallest absolute Gasteiger partial charge is 0.416 e. The summed E-state index contributed by atoms with van der Waals surface area (Å²) in [4.78, 5) is 17.7. The second kappa shape index (κ2) is 9.53. The van der Waals surface area contributed by atoms with Crippen LogP contribution in [0.15, 0.2) is 66.7 Å². The van der Waals surface area contributed by atoms with Crippen LogP contribution < -0.4 is 15.4 Å². The molecule has 1 heterocycles. The first-order chi connectivity index (χ1) is 17.3. The predicted molar refractivity (Wildman–Crippen MR) is 134 cm³/mol. The minimum absolute atomic E-state index is 0.0686. The number of carbonyl (C=O) groups is 1. The Morgan fingerprint density at radius 3 is 2.58 bits per heavy atom. The van der Waals surface area contributed by atoms with Gasteiger partial charge in [-0.25, -0.2) is 0 Å². The number of fused-ring (bicyclic) bond motifs is 2. The van der Waals surface area contributed by atoms with Crippen molar-refractivity contribution >= 4 is 33.9 Å². The van der Waals surface area contributed by atoms with Crippen LogP contribution in [0.3, 0.4) is 0 Å².